The summed E-state index contributed by atoms with van der Waals surface area (Å²) in [4.78, 5) is 30.2. The van der Waals surface area contributed by atoms with Gasteiger partial charge in [0.1, 0.15) is 11.4 Å². The van der Waals surface area contributed by atoms with Crippen LogP contribution < -0.4 is 0 Å². The summed E-state index contributed by atoms with van der Waals surface area (Å²) in [7, 11) is 1.87. The highest BCUT2D eigenvalue weighted by molar-refractivity contribution is 6.32. The maximum Gasteiger partial charge on any atom is 0.270 e. The van der Waals surface area contributed by atoms with Gasteiger partial charge in [-0.15, -0.1) is 0 Å². The highest BCUT2D eigenvalue weighted by Crippen LogP contribution is 2.32. The normalized spacial score (nSPS) is 14.2. The Morgan fingerprint density at radius 3 is 2.27 bits per heavy atom. The van der Waals surface area contributed by atoms with Gasteiger partial charge in [0.25, 0.3) is 5.91 Å². The second-order valence-electron chi connectivity index (χ2n) is 9.19. The van der Waals surface area contributed by atoms with E-state index in [1.807, 2.05) is 84.2 Å². The van der Waals surface area contributed by atoms with Crippen molar-refractivity contribution in [3.05, 3.63) is 93.9 Å². The lowest BCUT2D eigenvalue weighted by Crippen LogP contribution is -2.50. The third kappa shape index (κ3) is 5.07. The van der Waals surface area contributed by atoms with Crippen LogP contribution in [0.25, 0.3) is 16.9 Å². The van der Waals surface area contributed by atoms with Crippen molar-refractivity contribution in [2.45, 2.75) is 6.92 Å². The molecule has 1 fully saturated rings. The lowest BCUT2D eigenvalue weighted by atomic mass is 10.0. The molecular weight excluding hydrogens is 509 g/mol. The molecule has 5 rings (SSSR count). The summed E-state index contributed by atoms with van der Waals surface area (Å²) in [6, 6.07) is 18.6. The van der Waals surface area contributed by atoms with E-state index in [9.17, 15) is 9.59 Å². The zero-order chi connectivity index (χ0) is 26.1. The topological polar surface area (TPSA) is 63.4 Å². The van der Waals surface area contributed by atoms with Gasteiger partial charge in [0.05, 0.1) is 22.9 Å². The molecular formula is C28H27Cl2N5O2. The molecule has 0 saturated carbocycles. The third-order valence-corrected chi connectivity index (χ3v) is 7.35. The summed E-state index contributed by atoms with van der Waals surface area (Å²) in [5.74, 6) is -0.0545. The second-order valence-corrected chi connectivity index (χ2v) is 10.0. The second kappa shape index (κ2) is 10.5. The van der Waals surface area contributed by atoms with Gasteiger partial charge in [-0.25, -0.2) is 4.68 Å². The highest BCUT2D eigenvalue weighted by atomic mass is 35.5. The van der Waals surface area contributed by atoms with Crippen LogP contribution in [0.15, 0.2) is 66.9 Å². The first kappa shape index (κ1) is 25.3. The van der Waals surface area contributed by atoms with Crippen LogP contribution in [-0.4, -0.2) is 68.6 Å². The van der Waals surface area contributed by atoms with Crippen LogP contribution in [0.2, 0.25) is 10.0 Å². The summed E-state index contributed by atoms with van der Waals surface area (Å²) >= 11 is 12.6. The van der Waals surface area contributed by atoms with Crippen LogP contribution in [0.1, 0.15) is 26.5 Å². The minimum absolute atomic E-state index is 0.0143. The van der Waals surface area contributed by atoms with Crippen molar-refractivity contribution >= 4 is 34.9 Å². The Hall–Kier alpha value is -3.39. The lowest BCUT2D eigenvalue weighted by Gasteiger charge is -2.34. The SMILES string of the molecule is Cc1c(C(=O)CN2CCN(C(=O)c3cccn3C)CC2)nn(-c2ccccc2Cl)c1-c1ccc(Cl)cc1. The van der Waals surface area contributed by atoms with Crippen molar-refractivity contribution in [1.29, 1.82) is 0 Å². The molecule has 0 radical (unpaired) electrons. The summed E-state index contributed by atoms with van der Waals surface area (Å²) in [5.41, 5.74) is 4.24. The Labute approximate surface area is 225 Å². The Balaban J connectivity index is 1.37. The van der Waals surface area contributed by atoms with Crippen LogP contribution >= 0.6 is 23.2 Å². The van der Waals surface area contributed by atoms with Gasteiger partial charge in [0.2, 0.25) is 0 Å². The van der Waals surface area contributed by atoms with E-state index in [4.69, 9.17) is 28.3 Å². The molecule has 0 aliphatic carbocycles. The van der Waals surface area contributed by atoms with Gasteiger partial charge in [-0.3, -0.25) is 14.5 Å². The standard InChI is InChI=1S/C28H27Cl2N5O2/c1-19-26(25(36)18-33-14-16-34(17-15-33)28(37)24-8-5-13-32(24)2)31-35(23-7-4-3-6-22(23)30)27(19)20-9-11-21(29)12-10-20/h3-13H,14-18H2,1-2H3. The number of carbonyl (C=O) groups is 2. The number of aryl methyl sites for hydroxylation is 1. The van der Waals surface area contributed by atoms with E-state index in [1.54, 1.807) is 10.7 Å². The number of nitrogens with zero attached hydrogens (tertiary/aromatic N) is 5. The maximum absolute atomic E-state index is 13.5. The smallest absolute Gasteiger partial charge is 0.270 e. The fourth-order valence-corrected chi connectivity index (χ4v) is 5.08. The van der Waals surface area contributed by atoms with Crippen LogP contribution in [0.4, 0.5) is 0 Å². The van der Waals surface area contributed by atoms with Crippen molar-refractivity contribution in [3.8, 4) is 16.9 Å². The van der Waals surface area contributed by atoms with Crippen LogP contribution in [0.5, 0.6) is 0 Å². The number of carbonyl (C=O) groups excluding carboxylic acids is 2. The molecule has 0 atom stereocenters. The predicted octanol–water partition coefficient (Wildman–Crippen LogP) is 5.13. The molecule has 0 bridgehead atoms. The number of rotatable bonds is 6. The molecule has 0 unspecified atom stereocenters. The van der Waals surface area contributed by atoms with Crippen molar-refractivity contribution in [2.75, 3.05) is 32.7 Å². The molecule has 2 aromatic heterocycles. The lowest BCUT2D eigenvalue weighted by molar-refractivity contribution is 0.0615. The molecule has 1 saturated heterocycles. The number of amides is 1. The number of ketones is 1. The molecule has 3 heterocycles. The van der Waals surface area contributed by atoms with Crippen molar-refractivity contribution in [2.24, 2.45) is 7.05 Å². The summed E-state index contributed by atoms with van der Waals surface area (Å²) in [5, 5.41) is 5.92. The zero-order valence-corrected chi connectivity index (χ0v) is 22.2. The first-order chi connectivity index (χ1) is 17.8. The number of para-hydroxylation sites is 1. The number of hydrogen-bond donors (Lipinski definition) is 0. The fraction of sp³-hybridized carbons (Fsp3) is 0.250. The first-order valence-electron chi connectivity index (χ1n) is 12.1. The highest BCUT2D eigenvalue weighted by Gasteiger charge is 2.27. The Kier molecular flexibility index (Phi) is 7.20. The number of piperazine rings is 1. The van der Waals surface area contributed by atoms with Crippen LogP contribution in [0, 0.1) is 6.92 Å². The van der Waals surface area contributed by atoms with Crippen LogP contribution in [-0.2, 0) is 7.05 Å². The molecule has 0 N–H and O–H groups in total. The Bertz CT molecular complexity index is 1450. The van der Waals surface area contributed by atoms with Crippen LogP contribution in [0.3, 0.4) is 0 Å². The fourth-order valence-electron chi connectivity index (χ4n) is 4.74. The van der Waals surface area contributed by atoms with Crippen molar-refractivity contribution in [3.63, 3.8) is 0 Å². The van der Waals surface area contributed by atoms with E-state index in [0.29, 0.717) is 53.3 Å². The molecule has 37 heavy (non-hydrogen) atoms. The summed E-state index contributed by atoms with van der Waals surface area (Å²) < 4.78 is 3.57. The summed E-state index contributed by atoms with van der Waals surface area (Å²) in [6.45, 7) is 4.52. The van der Waals surface area contributed by atoms with Crippen molar-refractivity contribution < 1.29 is 9.59 Å². The van der Waals surface area contributed by atoms with Crippen molar-refractivity contribution in [1.82, 2.24) is 24.1 Å². The molecule has 0 spiro atoms. The average Bonchev–Trinajstić information content (AvgIpc) is 3.48. The van der Waals surface area contributed by atoms with Gasteiger partial charge in [-0.1, -0.05) is 47.5 Å². The van der Waals surface area contributed by atoms with E-state index in [2.05, 4.69) is 4.90 Å². The van der Waals surface area contributed by atoms with Gasteiger partial charge in [0.15, 0.2) is 5.78 Å². The predicted molar refractivity (Wildman–Crippen MR) is 146 cm³/mol. The Morgan fingerprint density at radius 2 is 1.62 bits per heavy atom. The number of halogens is 2. The third-order valence-electron chi connectivity index (χ3n) is 6.77. The molecule has 2 aromatic carbocycles. The van der Waals surface area contributed by atoms with Gasteiger partial charge >= 0.3 is 0 Å². The number of hydrogen-bond acceptors (Lipinski definition) is 4. The molecule has 1 aliphatic heterocycles. The minimum Gasteiger partial charge on any atom is -0.347 e. The molecule has 190 valence electrons. The van der Waals surface area contributed by atoms with Gasteiger partial charge in [-0.2, -0.15) is 5.10 Å². The van der Waals surface area contributed by atoms with E-state index >= 15 is 0 Å². The monoisotopic (exact) mass is 535 g/mol. The van der Waals surface area contributed by atoms with E-state index in [1.165, 1.54) is 0 Å². The quantitative estimate of drug-likeness (QED) is 0.321. The van der Waals surface area contributed by atoms with E-state index in [-0.39, 0.29) is 18.2 Å². The number of benzene rings is 2. The molecule has 1 amide bonds. The van der Waals surface area contributed by atoms with E-state index < -0.39 is 0 Å². The molecule has 7 nitrogen and oxygen atoms in total. The number of Topliss-reactive ketones (excluding diaryl/α,β-unsaturated/α-hetero) is 1. The number of aromatic nitrogens is 3. The maximum atomic E-state index is 13.5. The summed E-state index contributed by atoms with van der Waals surface area (Å²) in [6.07, 6.45) is 1.87. The minimum atomic E-state index is -0.0688. The average molecular weight is 536 g/mol. The molecule has 9 heteroatoms. The van der Waals surface area contributed by atoms with Gasteiger partial charge in [-0.05, 0) is 43.3 Å². The Morgan fingerprint density at radius 1 is 0.919 bits per heavy atom. The van der Waals surface area contributed by atoms with E-state index in [0.717, 1.165) is 16.8 Å². The molecule has 1 aliphatic rings. The zero-order valence-electron chi connectivity index (χ0n) is 20.7. The first-order valence-corrected chi connectivity index (χ1v) is 12.9. The largest absolute Gasteiger partial charge is 0.347 e. The molecule has 4 aromatic rings. The van der Waals surface area contributed by atoms with Gasteiger partial charge in [0, 0.05) is 55.6 Å². The van der Waals surface area contributed by atoms with Gasteiger partial charge < -0.3 is 9.47 Å².